The molecule has 37 heavy (non-hydrogen) atoms. The fourth-order valence-electron chi connectivity index (χ4n) is 3.90. The Morgan fingerprint density at radius 2 is 1.84 bits per heavy atom. The molecule has 1 heterocycles. The van der Waals surface area contributed by atoms with Gasteiger partial charge in [-0.2, -0.15) is 0 Å². The second-order valence-electron chi connectivity index (χ2n) is 9.18. The van der Waals surface area contributed by atoms with Crippen molar-refractivity contribution in [1.29, 1.82) is 0 Å². The Hall–Kier alpha value is -3.25. The molecule has 202 valence electrons. The minimum absolute atomic E-state index is 0.204. The lowest BCUT2D eigenvalue weighted by Gasteiger charge is -2.34. The van der Waals surface area contributed by atoms with Gasteiger partial charge in [0.2, 0.25) is 12.0 Å². The monoisotopic (exact) mass is 518 g/mol. The Morgan fingerprint density at radius 3 is 2.41 bits per heavy atom. The number of epoxide rings is 1. The molecule has 11 heteroatoms. The van der Waals surface area contributed by atoms with Crippen LogP contribution in [0.1, 0.15) is 29.8 Å². The Labute approximate surface area is 215 Å². The molecule has 1 fully saturated rings. The first kappa shape index (κ1) is 28.3. The van der Waals surface area contributed by atoms with Gasteiger partial charge in [0, 0.05) is 14.2 Å². The summed E-state index contributed by atoms with van der Waals surface area (Å²) in [6.07, 6.45) is -1.31. The zero-order chi connectivity index (χ0) is 27.4. The van der Waals surface area contributed by atoms with Gasteiger partial charge >= 0.3 is 5.97 Å². The first-order valence-corrected chi connectivity index (χ1v) is 11.7. The van der Waals surface area contributed by atoms with Crippen LogP contribution in [0.5, 0.6) is 5.75 Å². The van der Waals surface area contributed by atoms with Gasteiger partial charge in [-0.05, 0) is 49.2 Å². The SMILES string of the molecule is COc1cc(C(=O)O[C@H](C(=O)NCC(=O)N[C@H](CO)C(C)(OC)OC)[C@@]2(C)CO2)c2cccc(C)c2c1. The number of hydrogen-bond donors (Lipinski definition) is 3. The van der Waals surface area contributed by atoms with Gasteiger partial charge in [0.05, 0.1) is 32.4 Å². The highest BCUT2D eigenvalue weighted by Crippen LogP contribution is 2.34. The molecule has 1 aliphatic heterocycles. The number of benzene rings is 2. The fraction of sp³-hybridized carbons (Fsp3) is 0.500. The van der Waals surface area contributed by atoms with E-state index < -0.39 is 54.5 Å². The van der Waals surface area contributed by atoms with Gasteiger partial charge in [-0.1, -0.05) is 18.2 Å². The number of methoxy groups -OCH3 is 3. The number of amides is 2. The number of aryl methyl sites for hydroxylation is 1. The number of carbonyl (C=O) groups is 3. The van der Waals surface area contributed by atoms with Gasteiger partial charge in [-0.3, -0.25) is 9.59 Å². The molecule has 0 unspecified atom stereocenters. The Kier molecular flexibility index (Phi) is 8.75. The van der Waals surface area contributed by atoms with Crippen LogP contribution in [0.15, 0.2) is 30.3 Å². The fourth-order valence-corrected chi connectivity index (χ4v) is 3.90. The molecule has 0 radical (unpaired) electrons. The third kappa shape index (κ3) is 6.19. The molecule has 0 spiro atoms. The van der Waals surface area contributed by atoms with Crippen molar-refractivity contribution in [1.82, 2.24) is 10.6 Å². The molecule has 1 saturated heterocycles. The summed E-state index contributed by atoms with van der Waals surface area (Å²) in [7, 11) is 4.25. The summed E-state index contributed by atoms with van der Waals surface area (Å²) in [4.78, 5) is 38.8. The van der Waals surface area contributed by atoms with Crippen LogP contribution in [0.25, 0.3) is 10.8 Å². The lowest BCUT2D eigenvalue weighted by Crippen LogP contribution is -2.57. The van der Waals surface area contributed by atoms with E-state index in [0.29, 0.717) is 11.1 Å². The van der Waals surface area contributed by atoms with E-state index in [4.69, 9.17) is 23.7 Å². The van der Waals surface area contributed by atoms with Gasteiger partial charge in [0.1, 0.15) is 17.4 Å². The van der Waals surface area contributed by atoms with Gasteiger partial charge in [-0.25, -0.2) is 4.79 Å². The molecule has 3 rings (SSSR count). The van der Waals surface area contributed by atoms with E-state index >= 15 is 0 Å². The smallest absolute Gasteiger partial charge is 0.339 e. The topological polar surface area (TPSA) is 145 Å². The lowest BCUT2D eigenvalue weighted by molar-refractivity contribution is -0.217. The van der Waals surface area contributed by atoms with E-state index in [1.165, 1.54) is 21.3 Å². The first-order chi connectivity index (χ1) is 17.5. The van der Waals surface area contributed by atoms with Crippen molar-refractivity contribution in [2.75, 3.05) is 41.1 Å². The van der Waals surface area contributed by atoms with Crippen LogP contribution >= 0.6 is 0 Å². The minimum Gasteiger partial charge on any atom is -0.497 e. The van der Waals surface area contributed by atoms with Crippen LogP contribution in [-0.2, 0) is 28.5 Å². The second-order valence-corrected chi connectivity index (χ2v) is 9.18. The van der Waals surface area contributed by atoms with Gasteiger partial charge in [0.15, 0.2) is 5.79 Å². The summed E-state index contributed by atoms with van der Waals surface area (Å²) in [6, 6.07) is 8.02. The molecule has 0 bridgehead atoms. The van der Waals surface area contributed by atoms with E-state index in [1.54, 1.807) is 26.0 Å². The minimum atomic E-state index is -1.31. The van der Waals surface area contributed by atoms with Crippen molar-refractivity contribution in [3.05, 3.63) is 41.5 Å². The molecule has 3 atom stereocenters. The normalized spacial score (nSPS) is 18.6. The highest BCUT2D eigenvalue weighted by atomic mass is 16.7. The molecule has 2 amide bonds. The molecule has 0 aliphatic carbocycles. The average Bonchev–Trinajstić information content (AvgIpc) is 3.65. The average molecular weight is 519 g/mol. The zero-order valence-corrected chi connectivity index (χ0v) is 21.9. The lowest BCUT2D eigenvalue weighted by atomic mass is 10.00. The number of hydrogen-bond acceptors (Lipinski definition) is 9. The largest absolute Gasteiger partial charge is 0.497 e. The Balaban J connectivity index is 1.74. The van der Waals surface area contributed by atoms with Crippen LogP contribution in [0.2, 0.25) is 0 Å². The van der Waals surface area contributed by atoms with Crippen molar-refractivity contribution in [3.63, 3.8) is 0 Å². The molecule has 2 aromatic rings. The summed E-state index contributed by atoms with van der Waals surface area (Å²) in [5.41, 5.74) is 0.156. The highest BCUT2D eigenvalue weighted by molar-refractivity contribution is 6.07. The quantitative estimate of drug-likeness (QED) is 0.213. The maximum Gasteiger partial charge on any atom is 0.339 e. The van der Waals surface area contributed by atoms with Crippen molar-refractivity contribution in [2.24, 2.45) is 0 Å². The maximum atomic E-state index is 13.3. The summed E-state index contributed by atoms with van der Waals surface area (Å²) < 4.78 is 26.9. The van der Waals surface area contributed by atoms with Crippen molar-refractivity contribution >= 4 is 28.6 Å². The van der Waals surface area contributed by atoms with Crippen molar-refractivity contribution < 1.29 is 43.2 Å². The van der Waals surface area contributed by atoms with E-state index in [2.05, 4.69) is 10.6 Å². The van der Waals surface area contributed by atoms with Gasteiger partial charge in [-0.15, -0.1) is 0 Å². The van der Waals surface area contributed by atoms with E-state index in [0.717, 1.165) is 10.9 Å². The molecule has 11 nitrogen and oxygen atoms in total. The third-order valence-electron chi connectivity index (χ3n) is 6.64. The molecular formula is C26H34N2O9. The standard InChI is InChI=1S/C26H34N2O9/c1-15-8-7-9-17-18(15)10-16(33-4)11-19(17)24(32)37-22(25(2)14-36-25)23(31)27-12-21(30)28-20(13-29)26(3,34-5)35-6/h7-11,20,22,29H,12-14H2,1-6H3,(H,27,31)(H,28,30)/t20-,22-,25-/m1/s1. The summed E-state index contributed by atoms with van der Waals surface area (Å²) in [5, 5.41) is 16.1. The van der Waals surface area contributed by atoms with Crippen LogP contribution in [-0.4, -0.2) is 87.5 Å². The molecule has 1 aliphatic rings. The molecule has 0 aromatic heterocycles. The molecule has 2 aromatic carbocycles. The van der Waals surface area contributed by atoms with Crippen LogP contribution < -0.4 is 15.4 Å². The van der Waals surface area contributed by atoms with Gasteiger partial charge < -0.3 is 39.4 Å². The number of carbonyl (C=O) groups excluding carboxylic acids is 3. The summed E-state index contributed by atoms with van der Waals surface area (Å²) in [6.45, 7) is 4.41. The number of esters is 1. The zero-order valence-electron chi connectivity index (χ0n) is 21.9. The Morgan fingerprint density at radius 1 is 1.16 bits per heavy atom. The number of aliphatic hydroxyl groups excluding tert-OH is 1. The second kappa shape index (κ2) is 11.4. The predicted molar refractivity (Wildman–Crippen MR) is 133 cm³/mol. The van der Waals surface area contributed by atoms with E-state index in [9.17, 15) is 19.5 Å². The van der Waals surface area contributed by atoms with E-state index in [1.807, 2.05) is 25.1 Å². The van der Waals surface area contributed by atoms with Crippen LogP contribution in [0.4, 0.5) is 0 Å². The summed E-state index contributed by atoms with van der Waals surface area (Å²) in [5.74, 6) is -2.84. The first-order valence-electron chi connectivity index (χ1n) is 11.7. The summed E-state index contributed by atoms with van der Waals surface area (Å²) >= 11 is 0. The van der Waals surface area contributed by atoms with Crippen LogP contribution in [0.3, 0.4) is 0 Å². The molecule has 0 saturated carbocycles. The molecule has 3 N–H and O–H groups in total. The number of rotatable bonds is 12. The number of ether oxygens (including phenoxy) is 5. The third-order valence-corrected chi connectivity index (χ3v) is 6.64. The van der Waals surface area contributed by atoms with Crippen LogP contribution in [0, 0.1) is 6.92 Å². The maximum absolute atomic E-state index is 13.3. The number of aliphatic hydroxyl groups is 1. The highest BCUT2D eigenvalue weighted by Gasteiger charge is 2.53. The van der Waals surface area contributed by atoms with Crippen molar-refractivity contribution in [2.45, 2.75) is 44.3 Å². The van der Waals surface area contributed by atoms with E-state index in [-0.39, 0.29) is 12.2 Å². The predicted octanol–water partition coefficient (Wildman–Crippen LogP) is 1.07. The van der Waals surface area contributed by atoms with Crippen molar-refractivity contribution in [3.8, 4) is 5.75 Å². The number of nitrogens with one attached hydrogen (secondary N) is 2. The van der Waals surface area contributed by atoms with Gasteiger partial charge in [0.25, 0.3) is 5.91 Å². The number of fused-ring (bicyclic) bond motifs is 1. The molecular weight excluding hydrogens is 484 g/mol. The Bertz CT molecular complexity index is 1160.